The van der Waals surface area contributed by atoms with E-state index in [0.29, 0.717) is 21.9 Å². The highest BCUT2D eigenvalue weighted by molar-refractivity contribution is 9.10. The van der Waals surface area contributed by atoms with Crippen LogP contribution in [0.5, 0.6) is 5.75 Å². The fourth-order valence-electron chi connectivity index (χ4n) is 2.85. The Morgan fingerprint density at radius 3 is 2.61 bits per heavy atom. The van der Waals surface area contributed by atoms with Gasteiger partial charge in [-0.25, -0.2) is 0 Å². The van der Waals surface area contributed by atoms with Gasteiger partial charge in [0.25, 0.3) is 5.91 Å². The van der Waals surface area contributed by atoms with Crippen molar-refractivity contribution >= 4 is 21.8 Å². The van der Waals surface area contributed by atoms with E-state index in [1.54, 1.807) is 12.1 Å². The van der Waals surface area contributed by atoms with Crippen LogP contribution in [0, 0.1) is 11.8 Å². The zero-order valence-electron chi connectivity index (χ0n) is 9.90. The molecule has 2 fully saturated rings. The van der Waals surface area contributed by atoms with E-state index in [0.717, 1.165) is 26.2 Å². The molecule has 18 heavy (non-hydrogen) atoms. The van der Waals surface area contributed by atoms with Gasteiger partial charge in [0.15, 0.2) is 0 Å². The number of halogens is 1. The SMILES string of the molecule is O=C(c1ccc(Br)c(O)c1)N1C[C@H]2CNC[C@H]2C1. The maximum absolute atomic E-state index is 12.3. The standard InChI is InChI=1S/C13H15BrN2O2/c14-11-2-1-8(3-12(11)17)13(18)16-6-9-4-15-5-10(9)7-16/h1-3,9-10,15,17H,4-7H2/t9-,10+. The number of fused-ring (bicyclic) bond motifs is 1. The molecule has 0 spiro atoms. The van der Waals surface area contributed by atoms with Crippen LogP contribution in [0.4, 0.5) is 0 Å². The molecule has 1 amide bonds. The van der Waals surface area contributed by atoms with Gasteiger partial charge in [-0.3, -0.25) is 4.79 Å². The normalized spacial score (nSPS) is 26.4. The molecule has 1 aromatic rings. The summed E-state index contributed by atoms with van der Waals surface area (Å²) in [7, 11) is 0. The van der Waals surface area contributed by atoms with Crippen LogP contribution in [0.3, 0.4) is 0 Å². The number of nitrogens with one attached hydrogen (secondary N) is 1. The van der Waals surface area contributed by atoms with Gasteiger partial charge in [0.1, 0.15) is 5.75 Å². The van der Waals surface area contributed by atoms with Gasteiger partial charge >= 0.3 is 0 Å². The van der Waals surface area contributed by atoms with Gasteiger partial charge in [-0.15, -0.1) is 0 Å². The van der Waals surface area contributed by atoms with Gasteiger partial charge in [-0.05, 0) is 46.0 Å². The van der Waals surface area contributed by atoms with E-state index >= 15 is 0 Å². The van der Waals surface area contributed by atoms with Crippen LogP contribution in [0.25, 0.3) is 0 Å². The van der Waals surface area contributed by atoms with E-state index in [4.69, 9.17) is 0 Å². The van der Waals surface area contributed by atoms with E-state index in [1.807, 2.05) is 4.90 Å². The second-order valence-corrected chi connectivity index (χ2v) is 5.91. The Kier molecular flexibility index (Phi) is 3.03. The molecule has 0 unspecified atom stereocenters. The summed E-state index contributed by atoms with van der Waals surface area (Å²) in [6, 6.07) is 4.98. The van der Waals surface area contributed by atoms with Crippen molar-refractivity contribution in [3.8, 4) is 5.75 Å². The number of rotatable bonds is 1. The van der Waals surface area contributed by atoms with Crippen molar-refractivity contribution < 1.29 is 9.90 Å². The van der Waals surface area contributed by atoms with Crippen molar-refractivity contribution in [2.75, 3.05) is 26.2 Å². The Labute approximate surface area is 114 Å². The second-order valence-electron chi connectivity index (χ2n) is 5.05. The van der Waals surface area contributed by atoms with Crippen LogP contribution in [0.1, 0.15) is 10.4 Å². The van der Waals surface area contributed by atoms with Crippen molar-refractivity contribution in [1.29, 1.82) is 0 Å². The molecule has 3 rings (SSSR count). The number of likely N-dealkylation sites (tertiary alicyclic amines) is 1. The molecule has 96 valence electrons. The lowest BCUT2D eigenvalue weighted by molar-refractivity contribution is 0.0781. The quantitative estimate of drug-likeness (QED) is 0.825. The molecule has 2 N–H and O–H groups in total. The zero-order valence-corrected chi connectivity index (χ0v) is 11.5. The second kappa shape index (κ2) is 4.55. The predicted octanol–water partition coefficient (Wildman–Crippen LogP) is 1.45. The number of phenolic OH excluding ortho intramolecular Hbond substituents is 1. The van der Waals surface area contributed by atoms with Gasteiger partial charge in [-0.1, -0.05) is 0 Å². The number of aromatic hydroxyl groups is 1. The fraction of sp³-hybridized carbons (Fsp3) is 0.462. The van der Waals surface area contributed by atoms with Crippen molar-refractivity contribution in [2.45, 2.75) is 0 Å². The minimum atomic E-state index is 0.0206. The first-order valence-electron chi connectivity index (χ1n) is 6.13. The number of amides is 1. The van der Waals surface area contributed by atoms with Crippen LogP contribution in [-0.4, -0.2) is 42.1 Å². The molecule has 0 radical (unpaired) electrons. The molecular formula is C13H15BrN2O2. The van der Waals surface area contributed by atoms with Crippen molar-refractivity contribution in [1.82, 2.24) is 10.2 Å². The molecule has 2 atom stereocenters. The summed E-state index contributed by atoms with van der Waals surface area (Å²) >= 11 is 3.22. The Bertz CT molecular complexity index is 480. The van der Waals surface area contributed by atoms with Crippen molar-refractivity contribution in [2.24, 2.45) is 11.8 Å². The summed E-state index contributed by atoms with van der Waals surface area (Å²) in [5, 5.41) is 13.0. The molecule has 2 heterocycles. The molecule has 2 aliphatic heterocycles. The Hall–Kier alpha value is -1.07. The minimum absolute atomic E-state index is 0.0206. The van der Waals surface area contributed by atoms with Gasteiger partial charge in [0.05, 0.1) is 4.47 Å². The predicted molar refractivity (Wildman–Crippen MR) is 71.6 cm³/mol. The molecule has 0 saturated carbocycles. The van der Waals surface area contributed by atoms with Crippen LogP contribution >= 0.6 is 15.9 Å². The number of hydrogen-bond donors (Lipinski definition) is 2. The highest BCUT2D eigenvalue weighted by atomic mass is 79.9. The smallest absolute Gasteiger partial charge is 0.254 e. The number of carbonyl (C=O) groups excluding carboxylic acids is 1. The van der Waals surface area contributed by atoms with Gasteiger partial charge in [-0.2, -0.15) is 0 Å². The fourth-order valence-corrected chi connectivity index (χ4v) is 3.10. The highest BCUT2D eigenvalue weighted by Crippen LogP contribution is 2.29. The van der Waals surface area contributed by atoms with Crippen LogP contribution < -0.4 is 5.32 Å². The third-order valence-corrected chi connectivity index (χ3v) is 4.54. The van der Waals surface area contributed by atoms with Gasteiger partial charge in [0, 0.05) is 31.7 Å². The summed E-state index contributed by atoms with van der Waals surface area (Å²) < 4.78 is 0.613. The first kappa shape index (κ1) is 12.0. The van der Waals surface area contributed by atoms with E-state index in [9.17, 15) is 9.90 Å². The number of benzene rings is 1. The topological polar surface area (TPSA) is 52.6 Å². The zero-order chi connectivity index (χ0) is 12.7. The first-order chi connectivity index (χ1) is 8.65. The highest BCUT2D eigenvalue weighted by Gasteiger charge is 2.38. The van der Waals surface area contributed by atoms with Crippen molar-refractivity contribution in [3.63, 3.8) is 0 Å². The average molecular weight is 311 g/mol. The van der Waals surface area contributed by atoms with Crippen LogP contribution in [0.15, 0.2) is 22.7 Å². The Balaban J connectivity index is 1.77. The average Bonchev–Trinajstić information content (AvgIpc) is 2.92. The third-order valence-electron chi connectivity index (χ3n) is 3.87. The van der Waals surface area contributed by atoms with E-state index in [-0.39, 0.29) is 11.7 Å². The number of hydrogen-bond acceptors (Lipinski definition) is 3. The van der Waals surface area contributed by atoms with E-state index < -0.39 is 0 Å². The van der Waals surface area contributed by atoms with Gasteiger partial charge in [0.2, 0.25) is 0 Å². The minimum Gasteiger partial charge on any atom is -0.507 e. The Morgan fingerprint density at radius 1 is 1.33 bits per heavy atom. The van der Waals surface area contributed by atoms with E-state index in [1.165, 1.54) is 6.07 Å². The molecule has 2 aliphatic rings. The molecule has 4 nitrogen and oxygen atoms in total. The molecule has 0 aliphatic carbocycles. The number of carbonyl (C=O) groups is 1. The van der Waals surface area contributed by atoms with Crippen molar-refractivity contribution in [3.05, 3.63) is 28.2 Å². The van der Waals surface area contributed by atoms with Crippen LogP contribution in [-0.2, 0) is 0 Å². The Morgan fingerprint density at radius 2 is 2.00 bits per heavy atom. The molecule has 1 aromatic carbocycles. The molecule has 5 heteroatoms. The van der Waals surface area contributed by atoms with Crippen LogP contribution in [0.2, 0.25) is 0 Å². The summed E-state index contributed by atoms with van der Waals surface area (Å²) in [5.74, 6) is 1.32. The summed E-state index contributed by atoms with van der Waals surface area (Å²) in [6.45, 7) is 3.68. The number of phenols is 1. The lowest BCUT2D eigenvalue weighted by atomic mass is 10.0. The van der Waals surface area contributed by atoms with Gasteiger partial charge < -0.3 is 15.3 Å². The summed E-state index contributed by atoms with van der Waals surface area (Å²) in [5.41, 5.74) is 0.559. The largest absolute Gasteiger partial charge is 0.507 e. The summed E-state index contributed by atoms with van der Waals surface area (Å²) in [6.07, 6.45) is 0. The number of nitrogens with zero attached hydrogens (tertiary/aromatic N) is 1. The molecule has 0 bridgehead atoms. The molecule has 2 saturated heterocycles. The van der Waals surface area contributed by atoms with E-state index in [2.05, 4.69) is 21.2 Å². The summed E-state index contributed by atoms with van der Waals surface area (Å²) in [4.78, 5) is 14.2. The first-order valence-corrected chi connectivity index (χ1v) is 6.93. The lowest BCUT2D eigenvalue weighted by Crippen LogP contribution is -2.31. The maximum atomic E-state index is 12.3. The molecule has 0 aromatic heterocycles. The monoisotopic (exact) mass is 310 g/mol. The lowest BCUT2D eigenvalue weighted by Gasteiger charge is -2.17. The molecular weight excluding hydrogens is 296 g/mol. The maximum Gasteiger partial charge on any atom is 0.254 e. The third kappa shape index (κ3) is 2.01.